The smallest absolute Gasteiger partial charge is 0.443 e. The number of benzene rings is 4. The Morgan fingerprint density at radius 1 is 0.424 bits per heavy atom. The first kappa shape index (κ1) is 104. The highest BCUT2D eigenvalue weighted by Gasteiger charge is 2.69. The first-order valence-corrected chi connectivity index (χ1v) is 50.4. The Kier molecular flexibility index (Phi) is 30.8. The minimum absolute atomic E-state index is 0.0116. The summed E-state index contributed by atoms with van der Waals surface area (Å²) in [5, 5.41) is -9.47. The van der Waals surface area contributed by atoms with Gasteiger partial charge in [0.05, 0.1) is 57.5 Å². The van der Waals surface area contributed by atoms with Gasteiger partial charge in [0.2, 0.25) is 0 Å². The summed E-state index contributed by atoms with van der Waals surface area (Å²) in [4.78, 5) is 34.9. The van der Waals surface area contributed by atoms with Crippen molar-refractivity contribution in [2.45, 2.75) is 223 Å². The molecule has 14 fully saturated rings. The molecule has 0 spiro atoms. The summed E-state index contributed by atoms with van der Waals surface area (Å²) >= 11 is 0. The number of esters is 2. The number of ketones is 1. The molecule has 29 nitrogen and oxygen atoms in total. The minimum Gasteiger partial charge on any atom is -0.460 e. The molecule has 125 heavy (non-hydrogen) atoms. The first-order valence-electron chi connectivity index (χ1n) is 38.7. The average Bonchev–Trinajstić information content (AvgIpc) is 1.49. The van der Waals surface area contributed by atoms with Gasteiger partial charge in [-0.15, -0.1) is 0 Å². The molecule has 0 saturated heterocycles. The van der Waals surface area contributed by atoms with E-state index in [1.165, 1.54) is 43.5 Å². The van der Waals surface area contributed by atoms with Crippen LogP contribution in [0, 0.1) is 102 Å². The molecule has 0 heterocycles. The van der Waals surface area contributed by atoms with Crippen LogP contribution >= 0.6 is 0 Å². The minimum atomic E-state index is -6.14. The van der Waals surface area contributed by atoms with Gasteiger partial charge < -0.3 is 9.47 Å². The topological polar surface area (TPSA) is 505 Å². The lowest BCUT2D eigenvalue weighted by Crippen LogP contribution is -2.54. The number of carbonyl (C=O) groups excluding carboxylic acids is 3. The third-order valence-electron chi connectivity index (χ3n) is 25.9. The highest BCUT2D eigenvalue weighted by molar-refractivity contribution is 7.88. The number of Topliss-reactive ketones (excluding diaryl/α,β-unsaturated/α-hetero) is 1. The molecule has 14 saturated carbocycles. The Balaban J connectivity index is 0.000000180. The lowest BCUT2D eigenvalue weighted by atomic mass is 9.49. The normalized spacial score (nSPS) is 29.1. The molecule has 0 aromatic heterocycles. The Morgan fingerprint density at radius 2 is 0.784 bits per heavy atom. The van der Waals surface area contributed by atoms with Crippen molar-refractivity contribution in [3.8, 4) is 0 Å². The first-order chi connectivity index (χ1) is 56.5. The van der Waals surface area contributed by atoms with E-state index in [4.69, 9.17) is 31.9 Å². The summed E-state index contributed by atoms with van der Waals surface area (Å²) < 4.78 is 402. The predicted molar refractivity (Wildman–Crippen MR) is 418 cm³/mol. The van der Waals surface area contributed by atoms with E-state index in [0.29, 0.717) is 116 Å². The highest BCUT2D eigenvalue weighted by atomic mass is 32.3. The molecule has 0 radical (unpaired) electrons. The van der Waals surface area contributed by atoms with Crippen LogP contribution in [-0.2, 0) is 117 Å². The zero-order valence-corrected chi connectivity index (χ0v) is 73.9. The summed E-state index contributed by atoms with van der Waals surface area (Å²) in [6.45, 7) is 5.23. The number of halogens is 12. The summed E-state index contributed by atoms with van der Waals surface area (Å²) in [7, 11) is -36.9. The van der Waals surface area contributed by atoms with Crippen LogP contribution < -0.4 is 0 Å². The molecule has 4 aromatic carbocycles. The number of hydrogen-bond donors (Lipinski definition) is 8. The summed E-state index contributed by atoms with van der Waals surface area (Å²) in [6, 6.07) is 18.2. The van der Waals surface area contributed by atoms with Crippen molar-refractivity contribution in [1.29, 1.82) is 0 Å². The zero-order valence-electron chi connectivity index (χ0n) is 67.4. The fourth-order valence-electron chi connectivity index (χ4n) is 21.0. The molecular formula is C76H96F12O29S8. The fraction of sp³-hybridized carbons (Fsp3) is 0.645. The van der Waals surface area contributed by atoms with E-state index < -0.39 is 178 Å². The molecular weight excluding hydrogens is 1860 g/mol. The van der Waals surface area contributed by atoms with Crippen LogP contribution in [0.1, 0.15) is 177 Å². The lowest BCUT2D eigenvalue weighted by molar-refractivity contribution is -0.218. The number of alkyl halides is 12. The Labute approximate surface area is 715 Å². The van der Waals surface area contributed by atoms with Gasteiger partial charge >= 0.3 is 61.0 Å². The number of carbonyl (C=O) groups is 3. The number of rotatable bonds is 15. The number of fused-ring (bicyclic) bond motifs is 2. The van der Waals surface area contributed by atoms with Crippen LogP contribution in [0.2, 0.25) is 0 Å². The summed E-state index contributed by atoms with van der Waals surface area (Å²) in [6.07, 6.45) is 1.09. The van der Waals surface area contributed by atoms with E-state index in [2.05, 4.69) is 9.47 Å². The molecule has 14 aliphatic rings. The standard InChI is InChI=1S/C14H18F4O5S.C13H18F2O5S.C10H16O4S.C10H16O3S.C8H4F6O3S.C8H10O3S.C7H8O3S.C6H6O3S/c15-13(14(16,17)18,24(20,21)22)7-23-11(19)12-4-8-1-9(5-12)3-10(2-8)6-12;14-13(15,21(17,18)19)7-20-11(16)12-4-8-1-9(5-12)3-10(2-8)6-12;1-9(2)7-3-4-10(9,8(11)5-7)6-15(12,13)14;11-14(12,13)10-4-7-1-8(5-10)3-9(2-7)6-10;9-7(10,11)4-1-5(8(12,13)14)3-6(2-4)18(15,16)17;1-6-3-4-7(2)8(5-6)12(9,10)11;1-6-4-2-3-5-7(6)11(8,9)10;7-10(8,9)6-4-2-1-3-5-6/h8-10H,1-7H2,(H,20,21,22);8-10H,1-7H2,(H,17,18,19);7H,3-6H2,1-2H3,(H,12,13,14);7-9H,1-6H2,(H,11,12,13);1-3H,(H,15,16,17);3-5H,1-2H3,(H,9,10,11);2-5H,1H3,(H,8,9,10);1-5H,(H,7,8,9). The van der Waals surface area contributed by atoms with Gasteiger partial charge in [-0.05, 0) is 273 Å². The molecule has 14 aliphatic carbocycles. The predicted octanol–water partition coefficient (Wildman–Crippen LogP) is 14.9. The van der Waals surface area contributed by atoms with Crippen molar-refractivity contribution in [1.82, 2.24) is 0 Å². The Bertz CT molecular complexity index is 5500. The van der Waals surface area contributed by atoms with Crippen LogP contribution in [0.25, 0.3) is 0 Å². The second-order valence-electron chi connectivity index (χ2n) is 35.3. The highest BCUT2D eigenvalue weighted by Crippen LogP contribution is 2.66. The van der Waals surface area contributed by atoms with E-state index in [9.17, 15) is 139 Å². The largest absolute Gasteiger partial charge is 0.460 e. The van der Waals surface area contributed by atoms with Gasteiger partial charge in [-0.2, -0.15) is 116 Å². The maximum absolute atomic E-state index is 13.9. The number of ether oxygens (including phenoxy) is 2. The van der Waals surface area contributed by atoms with Crippen molar-refractivity contribution in [3.63, 3.8) is 0 Å². The van der Waals surface area contributed by atoms with Crippen molar-refractivity contribution < 1.29 is 180 Å². The molecule has 3 atom stereocenters. The molecule has 49 heteroatoms. The van der Waals surface area contributed by atoms with Gasteiger partial charge in [-0.1, -0.05) is 62.4 Å². The molecule has 8 N–H and O–H groups in total. The van der Waals surface area contributed by atoms with Gasteiger partial charge in [0.15, 0.2) is 13.2 Å². The average molecular weight is 1960 g/mol. The third-order valence-corrected chi connectivity index (χ3v) is 34.1. The molecule has 706 valence electrons. The lowest BCUT2D eigenvalue weighted by Gasteiger charge is -2.55. The maximum Gasteiger partial charge on any atom is 0.443 e. The van der Waals surface area contributed by atoms with Crippen molar-refractivity contribution >= 4 is 98.7 Å². The second-order valence-corrected chi connectivity index (χ2v) is 47.4. The second kappa shape index (κ2) is 36.9. The maximum atomic E-state index is 13.9. The van der Waals surface area contributed by atoms with E-state index >= 15 is 0 Å². The van der Waals surface area contributed by atoms with Crippen LogP contribution in [-0.4, -0.2) is 162 Å². The third kappa shape index (κ3) is 25.0. The summed E-state index contributed by atoms with van der Waals surface area (Å²) in [5.41, 5.74) is -4.49. The number of aryl methyl sites for hydroxylation is 3. The molecule has 0 amide bonds. The van der Waals surface area contributed by atoms with Crippen LogP contribution in [0.3, 0.4) is 0 Å². The summed E-state index contributed by atoms with van der Waals surface area (Å²) in [5.74, 6) is 2.17. The Morgan fingerprint density at radius 3 is 1.06 bits per heavy atom. The number of hydrogen-bond acceptors (Lipinski definition) is 21. The van der Waals surface area contributed by atoms with E-state index in [0.717, 1.165) is 69.8 Å². The van der Waals surface area contributed by atoms with Crippen molar-refractivity contribution in [2.24, 2.45) is 80.8 Å². The van der Waals surface area contributed by atoms with Gasteiger partial charge in [-0.3, -0.25) is 50.8 Å². The molecule has 14 bridgehead atoms. The van der Waals surface area contributed by atoms with Crippen molar-refractivity contribution in [3.05, 3.63) is 119 Å². The molecule has 4 aromatic rings. The van der Waals surface area contributed by atoms with Crippen LogP contribution in [0.4, 0.5) is 52.7 Å². The molecule has 0 aliphatic heterocycles. The van der Waals surface area contributed by atoms with Crippen molar-refractivity contribution in [2.75, 3.05) is 19.0 Å². The SMILES string of the molecule is CC1(C)C2CCC1(CS(=O)(=O)O)C(=O)C2.Cc1ccc(C)c(S(=O)(=O)O)c1.Cc1ccccc1S(=O)(=O)O.O=C(OCC(F)(C(F)(F)F)S(=O)(=O)O)C12CC3CC(CC(C3)C1)C2.O=C(OCC(F)(F)S(=O)(=O)O)C12CC3CC(CC(C3)C1)C2.O=S(=O)(O)C12CC3CC(CC(C3)C1)C2.O=S(=O)(O)c1cc(C(F)(F)F)cc(C(F)(F)F)c1.O=S(=O)(O)c1ccccc1. The molecule has 18 rings (SSSR count). The molecule has 3 unspecified atom stereocenters. The van der Waals surface area contributed by atoms with Gasteiger partial charge in [0.25, 0.3) is 60.7 Å². The van der Waals surface area contributed by atoms with Gasteiger partial charge in [0.1, 0.15) is 5.78 Å². The van der Waals surface area contributed by atoms with E-state index in [1.807, 2.05) is 13.8 Å². The van der Waals surface area contributed by atoms with E-state index in [-0.39, 0.29) is 50.0 Å². The monoisotopic (exact) mass is 1960 g/mol. The quantitative estimate of drug-likeness (QED) is 0.0311. The Hall–Kier alpha value is -6.07. The van der Waals surface area contributed by atoms with E-state index in [1.54, 1.807) is 69.3 Å². The van der Waals surface area contributed by atoms with Gasteiger partial charge in [0, 0.05) is 6.42 Å². The fourth-order valence-corrected chi connectivity index (χ4v) is 26.9. The van der Waals surface area contributed by atoms with Crippen LogP contribution in [0.15, 0.2) is 111 Å². The van der Waals surface area contributed by atoms with Crippen LogP contribution in [0.5, 0.6) is 0 Å². The van der Waals surface area contributed by atoms with Gasteiger partial charge in [-0.25, -0.2) is 4.39 Å². The zero-order chi connectivity index (χ0) is 94.7.